The SMILES string of the molecule is COCC(C)NS(=O)(=O)c1ccc(NC(=O)c2cc(S(=O)(=O)N3CCCCC3)cn2C)cc1. The van der Waals surface area contributed by atoms with Crippen molar-refractivity contribution < 1.29 is 26.4 Å². The maximum absolute atomic E-state index is 12.9. The summed E-state index contributed by atoms with van der Waals surface area (Å²) in [5.74, 6) is -0.500. The number of nitrogens with one attached hydrogen (secondary N) is 2. The van der Waals surface area contributed by atoms with Gasteiger partial charge in [0.05, 0.1) is 11.5 Å². The monoisotopic (exact) mass is 498 g/mol. The van der Waals surface area contributed by atoms with Crippen molar-refractivity contribution in [2.75, 3.05) is 32.1 Å². The van der Waals surface area contributed by atoms with Crippen molar-refractivity contribution in [2.24, 2.45) is 7.05 Å². The molecular weight excluding hydrogens is 468 g/mol. The number of sulfonamides is 2. The van der Waals surface area contributed by atoms with Gasteiger partial charge in [0, 0.05) is 45.2 Å². The zero-order chi connectivity index (χ0) is 24.2. The Morgan fingerprint density at radius 1 is 1.06 bits per heavy atom. The molecule has 2 aromatic rings. The molecule has 1 aromatic carbocycles. The minimum Gasteiger partial charge on any atom is -0.383 e. The number of ether oxygens (including phenoxy) is 1. The smallest absolute Gasteiger partial charge is 0.272 e. The summed E-state index contributed by atoms with van der Waals surface area (Å²) < 4.78 is 61.0. The molecule has 2 N–H and O–H groups in total. The zero-order valence-corrected chi connectivity index (χ0v) is 20.6. The van der Waals surface area contributed by atoms with Gasteiger partial charge >= 0.3 is 0 Å². The number of carbonyl (C=O) groups excluding carboxylic acids is 1. The third-order valence-corrected chi connectivity index (χ3v) is 8.83. The molecule has 0 bridgehead atoms. The number of piperidine rings is 1. The number of benzene rings is 1. The van der Waals surface area contributed by atoms with Crippen LogP contribution in [0.15, 0.2) is 46.3 Å². The lowest BCUT2D eigenvalue weighted by atomic mass is 10.2. The molecule has 12 heteroatoms. The molecule has 0 aliphatic carbocycles. The molecule has 1 aromatic heterocycles. The lowest BCUT2D eigenvalue weighted by Crippen LogP contribution is -2.35. The van der Waals surface area contributed by atoms with E-state index in [1.165, 1.54) is 52.5 Å². The number of hydrogen-bond acceptors (Lipinski definition) is 6. The molecule has 0 saturated carbocycles. The summed E-state index contributed by atoms with van der Waals surface area (Å²) in [7, 11) is -4.29. The molecule has 1 saturated heterocycles. The maximum atomic E-state index is 12.9. The summed E-state index contributed by atoms with van der Waals surface area (Å²) in [6, 6.07) is 6.68. The Morgan fingerprint density at radius 2 is 1.70 bits per heavy atom. The van der Waals surface area contributed by atoms with Crippen LogP contribution in [0.25, 0.3) is 0 Å². The summed E-state index contributed by atoms with van der Waals surface area (Å²) in [4.78, 5) is 12.9. The summed E-state index contributed by atoms with van der Waals surface area (Å²) in [5.41, 5.74) is 0.558. The summed E-state index contributed by atoms with van der Waals surface area (Å²) in [5, 5.41) is 2.68. The number of rotatable bonds is 9. The highest BCUT2D eigenvalue weighted by Crippen LogP contribution is 2.23. The standard InChI is InChI=1S/C21H30N4O6S2/c1-16(15-31-3)23-32(27,28)18-9-7-17(8-10-18)22-21(26)20-13-19(14-24(20)2)33(29,30)25-11-5-4-6-12-25/h7-10,13-14,16,23H,4-6,11-12,15H2,1-3H3,(H,22,26). The van der Waals surface area contributed by atoms with E-state index < -0.39 is 32.0 Å². The highest BCUT2D eigenvalue weighted by Gasteiger charge is 2.28. The van der Waals surface area contributed by atoms with Crippen LogP contribution in [0.1, 0.15) is 36.7 Å². The Bertz CT molecular complexity index is 1180. The Balaban J connectivity index is 1.72. The molecule has 1 atom stereocenters. The average Bonchev–Trinajstić information content (AvgIpc) is 3.17. The maximum Gasteiger partial charge on any atom is 0.272 e. The van der Waals surface area contributed by atoms with Gasteiger partial charge < -0.3 is 14.6 Å². The van der Waals surface area contributed by atoms with Gasteiger partial charge in [-0.15, -0.1) is 0 Å². The van der Waals surface area contributed by atoms with Crippen LogP contribution in [0.2, 0.25) is 0 Å². The van der Waals surface area contributed by atoms with Crippen molar-refractivity contribution in [3.05, 3.63) is 42.2 Å². The minimum atomic E-state index is -3.73. The first-order valence-corrected chi connectivity index (χ1v) is 13.6. The van der Waals surface area contributed by atoms with Gasteiger partial charge in [-0.3, -0.25) is 4.79 Å². The number of methoxy groups -OCH3 is 1. The van der Waals surface area contributed by atoms with Gasteiger partial charge in [0.1, 0.15) is 10.6 Å². The molecule has 0 spiro atoms. The molecule has 1 amide bonds. The van der Waals surface area contributed by atoms with Gasteiger partial charge in [-0.05, 0) is 50.1 Å². The van der Waals surface area contributed by atoms with Crippen molar-refractivity contribution >= 4 is 31.6 Å². The number of carbonyl (C=O) groups is 1. The van der Waals surface area contributed by atoms with Crippen molar-refractivity contribution in [3.8, 4) is 0 Å². The fraction of sp³-hybridized carbons (Fsp3) is 0.476. The Labute approximate surface area is 195 Å². The summed E-state index contributed by atoms with van der Waals surface area (Å²) >= 11 is 0. The van der Waals surface area contributed by atoms with Crippen LogP contribution in [-0.4, -0.2) is 64.5 Å². The van der Waals surface area contributed by atoms with Gasteiger partial charge in [-0.1, -0.05) is 6.42 Å². The topological polar surface area (TPSA) is 127 Å². The molecule has 1 aliphatic rings. The van der Waals surface area contributed by atoms with E-state index >= 15 is 0 Å². The Kier molecular flexibility index (Phi) is 7.96. The van der Waals surface area contributed by atoms with Crippen molar-refractivity contribution in [2.45, 2.75) is 42.0 Å². The van der Waals surface area contributed by atoms with Crippen LogP contribution in [0.4, 0.5) is 5.69 Å². The molecule has 1 fully saturated rings. The van der Waals surface area contributed by atoms with Crippen molar-refractivity contribution in [1.29, 1.82) is 0 Å². The first-order chi connectivity index (χ1) is 15.5. The van der Waals surface area contributed by atoms with Gasteiger partial charge in [-0.25, -0.2) is 21.6 Å². The molecule has 0 radical (unpaired) electrons. The molecule has 2 heterocycles. The predicted octanol–water partition coefficient (Wildman–Crippen LogP) is 1.77. The number of nitrogens with zero attached hydrogens (tertiary/aromatic N) is 2. The van der Waals surface area contributed by atoms with Crippen LogP contribution < -0.4 is 10.0 Å². The van der Waals surface area contributed by atoms with E-state index in [0.717, 1.165) is 19.3 Å². The number of aromatic nitrogens is 1. The lowest BCUT2D eigenvalue weighted by molar-refractivity contribution is 0.101. The average molecular weight is 499 g/mol. The van der Waals surface area contributed by atoms with Gasteiger partial charge in [0.15, 0.2) is 0 Å². The van der Waals surface area contributed by atoms with E-state index in [4.69, 9.17) is 4.74 Å². The second kappa shape index (κ2) is 10.3. The molecule has 33 heavy (non-hydrogen) atoms. The molecule has 1 aliphatic heterocycles. The van der Waals surface area contributed by atoms with Crippen LogP contribution in [0.5, 0.6) is 0 Å². The quantitative estimate of drug-likeness (QED) is 0.543. The molecule has 182 valence electrons. The summed E-state index contributed by atoms with van der Waals surface area (Å²) in [6.07, 6.45) is 4.09. The van der Waals surface area contributed by atoms with Crippen molar-refractivity contribution in [1.82, 2.24) is 13.6 Å². The van der Waals surface area contributed by atoms with E-state index in [1.807, 2.05) is 0 Å². The first-order valence-electron chi connectivity index (χ1n) is 10.6. The van der Waals surface area contributed by atoms with E-state index in [-0.39, 0.29) is 22.1 Å². The zero-order valence-electron chi connectivity index (χ0n) is 18.9. The summed E-state index contributed by atoms with van der Waals surface area (Å²) in [6.45, 7) is 2.88. The Hall–Kier alpha value is -2.25. The Morgan fingerprint density at radius 3 is 2.30 bits per heavy atom. The third-order valence-electron chi connectivity index (χ3n) is 5.36. The number of aryl methyl sites for hydroxylation is 1. The van der Waals surface area contributed by atoms with Crippen LogP contribution in [-0.2, 0) is 31.8 Å². The number of anilines is 1. The fourth-order valence-corrected chi connectivity index (χ4v) is 6.50. The number of hydrogen-bond donors (Lipinski definition) is 2. The number of amides is 1. The second-order valence-corrected chi connectivity index (χ2v) is 11.7. The minimum absolute atomic E-state index is 0.0530. The van der Waals surface area contributed by atoms with E-state index in [1.54, 1.807) is 14.0 Å². The van der Waals surface area contributed by atoms with E-state index in [9.17, 15) is 21.6 Å². The predicted molar refractivity (Wildman–Crippen MR) is 124 cm³/mol. The van der Waals surface area contributed by atoms with Gasteiger partial charge in [-0.2, -0.15) is 4.31 Å². The van der Waals surface area contributed by atoms with Crippen molar-refractivity contribution in [3.63, 3.8) is 0 Å². The largest absolute Gasteiger partial charge is 0.383 e. The van der Waals surface area contributed by atoms with Crippen LogP contribution in [0, 0.1) is 0 Å². The third kappa shape index (κ3) is 6.01. The van der Waals surface area contributed by atoms with Crippen LogP contribution in [0.3, 0.4) is 0 Å². The molecular formula is C21H30N4O6S2. The molecule has 10 nitrogen and oxygen atoms in total. The van der Waals surface area contributed by atoms with Crippen LogP contribution >= 0.6 is 0 Å². The van der Waals surface area contributed by atoms with E-state index in [0.29, 0.717) is 18.8 Å². The second-order valence-electron chi connectivity index (χ2n) is 8.09. The first kappa shape index (κ1) is 25.4. The fourth-order valence-electron chi connectivity index (χ4n) is 3.68. The van der Waals surface area contributed by atoms with Gasteiger partial charge in [0.2, 0.25) is 20.0 Å². The lowest BCUT2D eigenvalue weighted by Gasteiger charge is -2.25. The van der Waals surface area contributed by atoms with Gasteiger partial charge in [0.25, 0.3) is 5.91 Å². The molecule has 3 rings (SSSR count). The molecule has 1 unspecified atom stereocenters. The highest BCUT2D eigenvalue weighted by atomic mass is 32.2. The normalized spacial score (nSPS) is 16.5. The van der Waals surface area contributed by atoms with E-state index in [2.05, 4.69) is 10.0 Å². The highest BCUT2D eigenvalue weighted by molar-refractivity contribution is 7.89.